The van der Waals surface area contributed by atoms with E-state index in [1.165, 1.54) is 11.3 Å². The summed E-state index contributed by atoms with van der Waals surface area (Å²) in [5, 5.41) is 2.99. The Bertz CT molecular complexity index is 890. The van der Waals surface area contributed by atoms with Crippen LogP contribution < -0.4 is 15.1 Å². The van der Waals surface area contributed by atoms with Crippen LogP contribution in [-0.4, -0.2) is 56.0 Å². The third kappa shape index (κ3) is 4.59. The quantitative estimate of drug-likeness (QED) is 0.850. The molecule has 29 heavy (non-hydrogen) atoms. The Labute approximate surface area is 172 Å². The van der Waals surface area contributed by atoms with E-state index >= 15 is 0 Å². The predicted molar refractivity (Wildman–Crippen MR) is 116 cm³/mol. The lowest BCUT2D eigenvalue weighted by Gasteiger charge is -2.36. The molecular formula is C23H28N4O2. The lowest BCUT2D eigenvalue weighted by Crippen LogP contribution is -2.48. The van der Waals surface area contributed by atoms with Crippen molar-refractivity contribution in [2.45, 2.75) is 19.8 Å². The van der Waals surface area contributed by atoms with E-state index in [9.17, 15) is 9.59 Å². The van der Waals surface area contributed by atoms with Crippen molar-refractivity contribution in [3.63, 3.8) is 0 Å². The highest BCUT2D eigenvalue weighted by molar-refractivity contribution is 5.97. The number of amides is 2. The van der Waals surface area contributed by atoms with Crippen LogP contribution in [0.2, 0.25) is 0 Å². The standard InChI is InChI=1S/C23H28N4O2/c1-18-6-2-3-9-21(18)26-14-12-25(13-15-26)17-22(28)24-19-7-4-8-20(16-19)27-11-5-10-23(27)29/h2-4,6-9,16H,5,10-15,17H2,1H3,(H,24,28). The van der Waals surface area contributed by atoms with Crippen molar-refractivity contribution in [2.75, 3.05) is 54.4 Å². The molecule has 0 aliphatic carbocycles. The zero-order chi connectivity index (χ0) is 20.2. The largest absolute Gasteiger partial charge is 0.369 e. The van der Waals surface area contributed by atoms with Gasteiger partial charge in [0.15, 0.2) is 0 Å². The smallest absolute Gasteiger partial charge is 0.238 e. The first-order chi connectivity index (χ1) is 14.1. The first-order valence-electron chi connectivity index (χ1n) is 10.3. The summed E-state index contributed by atoms with van der Waals surface area (Å²) in [6, 6.07) is 16.0. The lowest BCUT2D eigenvalue weighted by atomic mass is 10.1. The molecule has 4 rings (SSSR count). The predicted octanol–water partition coefficient (Wildman–Crippen LogP) is 2.88. The summed E-state index contributed by atoms with van der Waals surface area (Å²) in [6.07, 6.45) is 1.50. The van der Waals surface area contributed by atoms with Gasteiger partial charge >= 0.3 is 0 Å². The number of anilines is 3. The number of carbonyl (C=O) groups is 2. The SMILES string of the molecule is Cc1ccccc1N1CCN(CC(=O)Nc2cccc(N3CCCC3=O)c2)CC1. The molecule has 6 heteroatoms. The van der Waals surface area contributed by atoms with Gasteiger partial charge in [-0.15, -0.1) is 0 Å². The summed E-state index contributed by atoms with van der Waals surface area (Å²) in [5.74, 6) is 0.138. The second kappa shape index (κ2) is 8.66. The minimum atomic E-state index is -0.0146. The number of nitrogens with zero attached hydrogens (tertiary/aromatic N) is 3. The molecule has 2 aliphatic rings. The van der Waals surface area contributed by atoms with Gasteiger partial charge < -0.3 is 15.1 Å². The second-order valence-electron chi connectivity index (χ2n) is 7.80. The molecule has 0 unspecified atom stereocenters. The van der Waals surface area contributed by atoms with Crippen molar-refractivity contribution < 1.29 is 9.59 Å². The average Bonchev–Trinajstić information content (AvgIpc) is 3.15. The van der Waals surface area contributed by atoms with Crippen molar-refractivity contribution in [1.29, 1.82) is 0 Å². The number of nitrogens with one attached hydrogen (secondary N) is 1. The molecule has 2 aliphatic heterocycles. The second-order valence-corrected chi connectivity index (χ2v) is 7.80. The van der Waals surface area contributed by atoms with Gasteiger partial charge in [-0.05, 0) is 43.2 Å². The molecule has 2 aromatic rings. The molecule has 1 N–H and O–H groups in total. The number of hydrogen-bond acceptors (Lipinski definition) is 4. The van der Waals surface area contributed by atoms with Gasteiger partial charge in [0, 0.05) is 56.2 Å². The maximum atomic E-state index is 12.5. The molecule has 0 aromatic heterocycles. The normalized spacial score (nSPS) is 17.6. The monoisotopic (exact) mass is 392 g/mol. The van der Waals surface area contributed by atoms with E-state index in [0.29, 0.717) is 13.0 Å². The molecule has 2 heterocycles. The van der Waals surface area contributed by atoms with Crippen LogP contribution in [0.15, 0.2) is 48.5 Å². The Morgan fingerprint density at radius 3 is 2.52 bits per heavy atom. The number of benzene rings is 2. The number of piperazine rings is 1. The van der Waals surface area contributed by atoms with Crippen LogP contribution in [0.25, 0.3) is 0 Å². The Morgan fingerprint density at radius 1 is 1.00 bits per heavy atom. The van der Waals surface area contributed by atoms with Crippen LogP contribution in [0.5, 0.6) is 0 Å². The molecule has 2 aromatic carbocycles. The van der Waals surface area contributed by atoms with Crippen molar-refractivity contribution >= 4 is 28.9 Å². The number of aryl methyl sites for hydroxylation is 1. The van der Waals surface area contributed by atoms with Crippen molar-refractivity contribution in [1.82, 2.24) is 4.90 Å². The Hall–Kier alpha value is -2.86. The highest BCUT2D eigenvalue weighted by atomic mass is 16.2. The van der Waals surface area contributed by atoms with Gasteiger partial charge in [0.1, 0.15) is 0 Å². The van der Waals surface area contributed by atoms with Crippen LogP contribution in [0.3, 0.4) is 0 Å². The Balaban J connectivity index is 1.30. The topological polar surface area (TPSA) is 55.9 Å². The number of carbonyl (C=O) groups excluding carboxylic acids is 2. The molecular weight excluding hydrogens is 364 g/mol. The van der Waals surface area contributed by atoms with Gasteiger partial charge in [-0.3, -0.25) is 14.5 Å². The van der Waals surface area contributed by atoms with E-state index in [1.807, 2.05) is 24.3 Å². The molecule has 2 fully saturated rings. The highest BCUT2D eigenvalue weighted by Gasteiger charge is 2.22. The first kappa shape index (κ1) is 19.5. The maximum absolute atomic E-state index is 12.5. The minimum Gasteiger partial charge on any atom is -0.369 e. The summed E-state index contributed by atoms with van der Waals surface area (Å²) < 4.78 is 0. The van der Waals surface area contributed by atoms with Crippen molar-refractivity contribution in [2.24, 2.45) is 0 Å². The number of hydrogen-bond donors (Lipinski definition) is 1. The van der Waals surface area contributed by atoms with Crippen LogP contribution >= 0.6 is 0 Å². The Morgan fingerprint density at radius 2 is 1.79 bits per heavy atom. The van der Waals surface area contributed by atoms with Gasteiger partial charge in [-0.25, -0.2) is 0 Å². The molecule has 6 nitrogen and oxygen atoms in total. The molecule has 0 bridgehead atoms. The number of rotatable bonds is 5. The third-order valence-electron chi connectivity index (χ3n) is 5.71. The Kier molecular flexibility index (Phi) is 5.81. The summed E-state index contributed by atoms with van der Waals surface area (Å²) >= 11 is 0. The molecule has 152 valence electrons. The first-order valence-corrected chi connectivity index (χ1v) is 10.3. The fraction of sp³-hybridized carbons (Fsp3) is 0.391. The lowest BCUT2D eigenvalue weighted by molar-refractivity contribution is -0.118. The summed E-state index contributed by atoms with van der Waals surface area (Å²) in [7, 11) is 0. The molecule has 0 saturated carbocycles. The van der Waals surface area contributed by atoms with E-state index in [4.69, 9.17) is 0 Å². The fourth-order valence-electron chi connectivity index (χ4n) is 4.14. The van der Waals surface area contributed by atoms with Gasteiger partial charge in [0.05, 0.1) is 6.54 Å². The fourth-order valence-corrected chi connectivity index (χ4v) is 4.14. The van der Waals surface area contributed by atoms with Crippen molar-refractivity contribution in [3.8, 4) is 0 Å². The summed E-state index contributed by atoms with van der Waals surface area (Å²) in [5.41, 5.74) is 4.17. The van der Waals surface area contributed by atoms with E-state index in [2.05, 4.69) is 46.3 Å². The van der Waals surface area contributed by atoms with Crippen molar-refractivity contribution in [3.05, 3.63) is 54.1 Å². The van der Waals surface area contributed by atoms with E-state index in [0.717, 1.165) is 50.5 Å². The van der Waals surface area contributed by atoms with Crippen LogP contribution in [0, 0.1) is 6.92 Å². The molecule has 0 radical (unpaired) electrons. The van der Waals surface area contributed by atoms with E-state index in [1.54, 1.807) is 4.90 Å². The van der Waals surface area contributed by atoms with Gasteiger partial charge in [-0.2, -0.15) is 0 Å². The third-order valence-corrected chi connectivity index (χ3v) is 5.71. The average molecular weight is 393 g/mol. The van der Waals surface area contributed by atoms with Crippen LogP contribution in [0.1, 0.15) is 18.4 Å². The number of para-hydroxylation sites is 1. The van der Waals surface area contributed by atoms with Crippen LogP contribution in [0.4, 0.5) is 17.1 Å². The molecule has 2 amide bonds. The van der Waals surface area contributed by atoms with Gasteiger partial charge in [-0.1, -0.05) is 24.3 Å². The van der Waals surface area contributed by atoms with E-state index < -0.39 is 0 Å². The van der Waals surface area contributed by atoms with Gasteiger partial charge in [0.25, 0.3) is 0 Å². The zero-order valence-electron chi connectivity index (χ0n) is 16.9. The minimum absolute atomic E-state index is 0.0146. The summed E-state index contributed by atoms with van der Waals surface area (Å²) in [6.45, 7) is 6.85. The molecule has 2 saturated heterocycles. The zero-order valence-corrected chi connectivity index (χ0v) is 16.9. The maximum Gasteiger partial charge on any atom is 0.238 e. The van der Waals surface area contributed by atoms with Crippen LogP contribution in [-0.2, 0) is 9.59 Å². The summed E-state index contributed by atoms with van der Waals surface area (Å²) in [4.78, 5) is 30.9. The molecule has 0 spiro atoms. The molecule has 0 atom stereocenters. The van der Waals surface area contributed by atoms with E-state index in [-0.39, 0.29) is 11.8 Å². The van der Waals surface area contributed by atoms with Gasteiger partial charge in [0.2, 0.25) is 11.8 Å². The highest BCUT2D eigenvalue weighted by Crippen LogP contribution is 2.24.